The Morgan fingerprint density at radius 2 is 2.25 bits per heavy atom. The Balaban J connectivity index is 2.35. The molecule has 0 aliphatic carbocycles. The average molecular weight is 189 g/mol. The number of carbonyl (C=O) groups excluding carboxylic acids is 1. The van der Waals surface area contributed by atoms with Gasteiger partial charge < -0.3 is 10.4 Å². The third-order valence-electron chi connectivity index (χ3n) is 1.72. The molecule has 0 aromatic carbocycles. The first-order valence-electron chi connectivity index (χ1n) is 3.73. The molecule has 1 heterocycles. The lowest BCUT2D eigenvalue weighted by molar-refractivity contribution is -0.139. The van der Waals surface area contributed by atoms with Crippen molar-refractivity contribution >= 4 is 22.8 Å². The average Bonchev–Trinajstić information content (AvgIpc) is 2.34. The van der Waals surface area contributed by atoms with E-state index in [1.54, 1.807) is 0 Å². The van der Waals surface area contributed by atoms with E-state index in [2.05, 4.69) is 5.32 Å². The second-order valence-corrected chi connectivity index (χ2v) is 4.24. The first-order chi connectivity index (χ1) is 5.59. The molecule has 4 nitrogen and oxygen atoms in total. The highest BCUT2D eigenvalue weighted by atomic mass is 32.2. The largest absolute Gasteiger partial charge is 0.480 e. The van der Waals surface area contributed by atoms with Crippen LogP contribution in [0.5, 0.6) is 0 Å². The monoisotopic (exact) mass is 189 g/mol. The van der Waals surface area contributed by atoms with Gasteiger partial charge in [0.15, 0.2) is 5.12 Å². The van der Waals surface area contributed by atoms with Crippen LogP contribution in [0, 0.1) is 0 Å². The standard InChI is InChI=1S/C7H11NO3S/c1-4(9)12-5-2-6(7(10)11)8-3-5/h5-6,8H,2-3H2,1H3,(H,10,11)/t5-,6-/m0/s1. The zero-order chi connectivity index (χ0) is 9.14. The molecule has 1 aliphatic rings. The molecular weight excluding hydrogens is 178 g/mol. The van der Waals surface area contributed by atoms with Crippen LogP contribution in [-0.4, -0.2) is 34.0 Å². The molecule has 1 saturated heterocycles. The Hall–Kier alpha value is -0.550. The van der Waals surface area contributed by atoms with Crippen LogP contribution in [0.2, 0.25) is 0 Å². The molecule has 0 unspecified atom stereocenters. The second-order valence-electron chi connectivity index (χ2n) is 2.77. The molecular formula is C7H11NO3S. The number of hydrogen-bond acceptors (Lipinski definition) is 4. The molecule has 0 spiro atoms. The summed E-state index contributed by atoms with van der Waals surface area (Å²) in [6.07, 6.45) is 0.541. The van der Waals surface area contributed by atoms with Crippen molar-refractivity contribution in [3.05, 3.63) is 0 Å². The fraction of sp³-hybridized carbons (Fsp3) is 0.714. The summed E-state index contributed by atoms with van der Waals surface area (Å²) in [5.74, 6) is -0.832. The van der Waals surface area contributed by atoms with E-state index in [0.29, 0.717) is 13.0 Å². The minimum absolute atomic E-state index is 0.0489. The summed E-state index contributed by atoms with van der Waals surface area (Å²) in [6.45, 7) is 2.11. The molecule has 1 aliphatic heterocycles. The summed E-state index contributed by atoms with van der Waals surface area (Å²) in [4.78, 5) is 21.1. The first-order valence-corrected chi connectivity index (χ1v) is 4.61. The fourth-order valence-corrected chi connectivity index (χ4v) is 2.15. The number of hydrogen-bond donors (Lipinski definition) is 2. The molecule has 1 fully saturated rings. The van der Waals surface area contributed by atoms with Crippen LogP contribution in [0.15, 0.2) is 0 Å². The summed E-state index contributed by atoms with van der Waals surface area (Å²) in [5, 5.41) is 11.6. The van der Waals surface area contributed by atoms with Gasteiger partial charge in [0.05, 0.1) is 0 Å². The molecule has 0 aromatic heterocycles. The summed E-state index contributed by atoms with van der Waals surface area (Å²) < 4.78 is 0. The van der Waals surface area contributed by atoms with Crippen molar-refractivity contribution in [2.75, 3.05) is 6.54 Å². The van der Waals surface area contributed by atoms with Crippen molar-refractivity contribution in [1.29, 1.82) is 0 Å². The van der Waals surface area contributed by atoms with Crippen LogP contribution in [0.3, 0.4) is 0 Å². The molecule has 1 rings (SSSR count). The van der Waals surface area contributed by atoms with Gasteiger partial charge in [-0.25, -0.2) is 0 Å². The van der Waals surface area contributed by atoms with E-state index in [1.807, 2.05) is 0 Å². The van der Waals surface area contributed by atoms with Crippen LogP contribution in [-0.2, 0) is 9.59 Å². The number of nitrogens with one attached hydrogen (secondary N) is 1. The fourth-order valence-electron chi connectivity index (χ4n) is 1.22. The zero-order valence-electron chi connectivity index (χ0n) is 6.74. The first kappa shape index (κ1) is 9.54. The second kappa shape index (κ2) is 3.91. The Kier molecular flexibility index (Phi) is 3.11. The molecule has 0 bridgehead atoms. The molecule has 0 aromatic rings. The Morgan fingerprint density at radius 1 is 1.58 bits per heavy atom. The zero-order valence-corrected chi connectivity index (χ0v) is 7.56. The molecule has 0 saturated carbocycles. The van der Waals surface area contributed by atoms with Crippen LogP contribution in [0.1, 0.15) is 13.3 Å². The summed E-state index contributed by atoms with van der Waals surface area (Å²) in [5.41, 5.74) is 0. The smallest absolute Gasteiger partial charge is 0.320 e. The maximum atomic E-state index is 10.7. The van der Waals surface area contributed by atoms with Gasteiger partial charge in [0.25, 0.3) is 0 Å². The molecule has 5 heteroatoms. The number of thioether (sulfide) groups is 1. The Bertz CT molecular complexity index is 207. The summed E-state index contributed by atoms with van der Waals surface area (Å²) in [6, 6.07) is -0.471. The minimum atomic E-state index is -0.832. The van der Waals surface area contributed by atoms with Gasteiger partial charge in [0.1, 0.15) is 6.04 Å². The number of aliphatic carboxylic acids is 1. The van der Waals surface area contributed by atoms with Crippen LogP contribution < -0.4 is 5.32 Å². The quantitative estimate of drug-likeness (QED) is 0.644. The van der Waals surface area contributed by atoms with Crippen molar-refractivity contribution < 1.29 is 14.7 Å². The van der Waals surface area contributed by atoms with Crippen LogP contribution >= 0.6 is 11.8 Å². The molecule has 0 radical (unpaired) electrons. The molecule has 12 heavy (non-hydrogen) atoms. The highest BCUT2D eigenvalue weighted by Crippen LogP contribution is 2.21. The summed E-state index contributed by atoms with van der Waals surface area (Å²) in [7, 11) is 0. The van der Waals surface area contributed by atoms with Gasteiger partial charge in [-0.2, -0.15) is 0 Å². The number of carboxylic acids is 1. The molecule has 0 amide bonds. The predicted octanol–water partition coefficient (Wildman–Crippen LogP) is 0.0812. The number of rotatable bonds is 2. The Morgan fingerprint density at radius 3 is 2.67 bits per heavy atom. The van der Waals surface area contributed by atoms with Crippen molar-refractivity contribution in [2.24, 2.45) is 0 Å². The highest BCUT2D eigenvalue weighted by Gasteiger charge is 2.29. The van der Waals surface area contributed by atoms with E-state index in [9.17, 15) is 9.59 Å². The SMILES string of the molecule is CC(=O)S[C@@H]1CN[C@H](C(=O)O)C1. The van der Waals surface area contributed by atoms with Crippen LogP contribution in [0.4, 0.5) is 0 Å². The molecule has 2 atom stereocenters. The minimum Gasteiger partial charge on any atom is -0.480 e. The number of carbonyl (C=O) groups is 2. The van der Waals surface area contributed by atoms with E-state index in [-0.39, 0.29) is 10.4 Å². The van der Waals surface area contributed by atoms with E-state index < -0.39 is 12.0 Å². The molecule has 2 N–H and O–H groups in total. The lowest BCUT2D eigenvalue weighted by Crippen LogP contribution is -2.29. The highest BCUT2D eigenvalue weighted by molar-refractivity contribution is 8.14. The van der Waals surface area contributed by atoms with E-state index >= 15 is 0 Å². The van der Waals surface area contributed by atoms with Gasteiger partial charge >= 0.3 is 5.97 Å². The van der Waals surface area contributed by atoms with E-state index in [0.717, 1.165) is 0 Å². The van der Waals surface area contributed by atoms with Gasteiger partial charge in [0, 0.05) is 18.7 Å². The lowest BCUT2D eigenvalue weighted by Gasteiger charge is -2.03. The Labute approximate surface area is 74.7 Å². The van der Waals surface area contributed by atoms with Crippen molar-refractivity contribution in [1.82, 2.24) is 5.32 Å². The van der Waals surface area contributed by atoms with Crippen molar-refractivity contribution in [3.8, 4) is 0 Å². The van der Waals surface area contributed by atoms with Crippen molar-refractivity contribution in [2.45, 2.75) is 24.6 Å². The van der Waals surface area contributed by atoms with Gasteiger partial charge in [-0.15, -0.1) is 0 Å². The number of carboxylic acid groups (broad SMARTS) is 1. The topological polar surface area (TPSA) is 66.4 Å². The third-order valence-corrected chi connectivity index (χ3v) is 2.75. The third kappa shape index (κ3) is 2.49. The van der Waals surface area contributed by atoms with E-state index in [1.165, 1.54) is 18.7 Å². The van der Waals surface area contributed by atoms with Gasteiger partial charge in [-0.05, 0) is 6.42 Å². The molecule has 68 valence electrons. The van der Waals surface area contributed by atoms with E-state index in [4.69, 9.17) is 5.11 Å². The normalized spacial score (nSPS) is 28.8. The van der Waals surface area contributed by atoms with Crippen LogP contribution in [0.25, 0.3) is 0 Å². The maximum Gasteiger partial charge on any atom is 0.320 e. The van der Waals surface area contributed by atoms with Crippen molar-refractivity contribution in [3.63, 3.8) is 0 Å². The van der Waals surface area contributed by atoms with Gasteiger partial charge in [-0.1, -0.05) is 11.8 Å². The lowest BCUT2D eigenvalue weighted by atomic mass is 10.2. The van der Waals surface area contributed by atoms with Gasteiger partial charge in [-0.3, -0.25) is 9.59 Å². The maximum absolute atomic E-state index is 10.7. The van der Waals surface area contributed by atoms with Gasteiger partial charge in [0.2, 0.25) is 0 Å². The summed E-state index contributed by atoms with van der Waals surface area (Å²) >= 11 is 1.22. The predicted molar refractivity (Wildman–Crippen MR) is 46.1 cm³/mol.